The summed E-state index contributed by atoms with van der Waals surface area (Å²) in [5.74, 6) is -0.171. The first kappa shape index (κ1) is 12.3. The molecule has 2 atom stereocenters. The van der Waals surface area contributed by atoms with Gasteiger partial charge in [0.15, 0.2) is 5.78 Å². The molecule has 1 fully saturated rings. The highest BCUT2D eigenvalue weighted by molar-refractivity contribution is 9.10. The van der Waals surface area contributed by atoms with Gasteiger partial charge in [-0.15, -0.1) is 0 Å². The minimum absolute atomic E-state index is 0.0127. The number of aliphatic hydroxyl groups excluding tert-OH is 2. The largest absolute Gasteiger partial charge is 0.515 e. The van der Waals surface area contributed by atoms with Crippen LogP contribution in [-0.4, -0.2) is 22.1 Å². The number of benzene rings is 1. The summed E-state index contributed by atoms with van der Waals surface area (Å²) in [7, 11) is 0. The molecule has 0 bridgehead atoms. The summed E-state index contributed by atoms with van der Waals surface area (Å²) in [6.45, 7) is 0. The lowest BCUT2D eigenvalue weighted by Gasteiger charge is -2.27. The highest BCUT2D eigenvalue weighted by atomic mass is 79.9. The van der Waals surface area contributed by atoms with Gasteiger partial charge in [0.05, 0.1) is 17.9 Å². The number of halogens is 1. The second-order valence-electron chi connectivity index (χ2n) is 4.22. The third-order valence-electron chi connectivity index (χ3n) is 3.08. The molecule has 4 heteroatoms. The second kappa shape index (κ2) is 5.02. The van der Waals surface area contributed by atoms with Gasteiger partial charge in [0.25, 0.3) is 0 Å². The molecule has 0 radical (unpaired) electrons. The molecule has 2 unspecified atom stereocenters. The maximum absolute atomic E-state index is 11.7. The summed E-state index contributed by atoms with van der Waals surface area (Å²) in [5.41, 5.74) is 1.15. The lowest BCUT2D eigenvalue weighted by Crippen LogP contribution is -2.28. The van der Waals surface area contributed by atoms with Gasteiger partial charge >= 0.3 is 0 Å². The van der Waals surface area contributed by atoms with Crippen molar-refractivity contribution in [3.05, 3.63) is 46.1 Å². The number of rotatable bonds is 1. The minimum Gasteiger partial charge on any atom is -0.515 e. The predicted octanol–water partition coefficient (Wildman–Crippen LogP) is 2.70. The van der Waals surface area contributed by atoms with Gasteiger partial charge in [-0.05, 0) is 30.0 Å². The van der Waals surface area contributed by atoms with Gasteiger partial charge < -0.3 is 10.2 Å². The maximum atomic E-state index is 11.7. The smallest absolute Gasteiger partial charge is 0.165 e. The zero-order valence-corrected chi connectivity index (χ0v) is 10.7. The SMILES string of the molecule is O=C1CC(c2cccc(Br)c2)CC(O)/C1=C/O. The Hall–Kier alpha value is -1.13. The molecule has 1 aromatic rings. The summed E-state index contributed by atoms with van der Waals surface area (Å²) >= 11 is 3.39. The van der Waals surface area contributed by atoms with Crippen molar-refractivity contribution in [2.24, 2.45) is 0 Å². The Morgan fingerprint density at radius 1 is 1.41 bits per heavy atom. The van der Waals surface area contributed by atoms with Crippen molar-refractivity contribution in [2.45, 2.75) is 24.9 Å². The molecular weight excluding hydrogens is 284 g/mol. The number of hydrogen-bond acceptors (Lipinski definition) is 3. The first-order valence-electron chi connectivity index (χ1n) is 5.43. The van der Waals surface area contributed by atoms with Crippen molar-refractivity contribution in [3.8, 4) is 0 Å². The monoisotopic (exact) mass is 296 g/mol. The van der Waals surface area contributed by atoms with Crippen molar-refractivity contribution in [2.75, 3.05) is 0 Å². The lowest BCUT2D eigenvalue weighted by molar-refractivity contribution is -0.118. The van der Waals surface area contributed by atoms with Gasteiger partial charge in [-0.25, -0.2) is 0 Å². The van der Waals surface area contributed by atoms with Crippen LogP contribution < -0.4 is 0 Å². The van der Waals surface area contributed by atoms with Gasteiger partial charge in [0, 0.05) is 10.9 Å². The van der Waals surface area contributed by atoms with Crippen LogP contribution in [0.15, 0.2) is 40.6 Å². The average Bonchev–Trinajstić information content (AvgIpc) is 2.28. The number of Topliss-reactive ketones (excluding diaryl/α,β-unsaturated/α-hetero) is 1. The Kier molecular flexibility index (Phi) is 3.64. The molecule has 1 aliphatic rings. The molecule has 1 saturated carbocycles. The first-order chi connectivity index (χ1) is 8.11. The van der Waals surface area contributed by atoms with E-state index in [4.69, 9.17) is 5.11 Å². The number of hydrogen-bond donors (Lipinski definition) is 2. The zero-order valence-electron chi connectivity index (χ0n) is 9.14. The van der Waals surface area contributed by atoms with E-state index < -0.39 is 6.10 Å². The van der Waals surface area contributed by atoms with Crippen molar-refractivity contribution >= 4 is 21.7 Å². The molecular formula is C13H13BrO3. The minimum atomic E-state index is -0.870. The van der Waals surface area contributed by atoms with Gasteiger partial charge in [0.2, 0.25) is 0 Å². The van der Waals surface area contributed by atoms with E-state index in [-0.39, 0.29) is 17.3 Å². The number of ketones is 1. The van der Waals surface area contributed by atoms with Crippen LogP contribution >= 0.6 is 15.9 Å². The molecule has 0 amide bonds. The number of aliphatic hydroxyl groups is 2. The Bertz CT molecular complexity index is 467. The van der Waals surface area contributed by atoms with Gasteiger partial charge in [-0.2, -0.15) is 0 Å². The fourth-order valence-corrected chi connectivity index (χ4v) is 2.60. The molecule has 2 rings (SSSR count). The van der Waals surface area contributed by atoms with E-state index in [9.17, 15) is 9.90 Å². The summed E-state index contributed by atoms with van der Waals surface area (Å²) < 4.78 is 0.959. The second-order valence-corrected chi connectivity index (χ2v) is 5.13. The molecule has 0 heterocycles. The van der Waals surface area contributed by atoms with Gasteiger partial charge in [-0.3, -0.25) is 4.79 Å². The standard InChI is InChI=1S/C13H13BrO3/c14-10-3-1-2-8(4-10)9-5-12(16)11(7-15)13(17)6-9/h1-4,7,9,12,15-16H,5-6H2/b11-7-. The highest BCUT2D eigenvalue weighted by Gasteiger charge is 2.31. The molecule has 90 valence electrons. The molecule has 0 spiro atoms. The van der Waals surface area contributed by atoms with Gasteiger partial charge in [0.1, 0.15) is 0 Å². The molecule has 1 aliphatic carbocycles. The molecule has 1 aromatic carbocycles. The van der Waals surface area contributed by atoms with Crippen molar-refractivity contribution in [1.82, 2.24) is 0 Å². The number of carbonyl (C=O) groups excluding carboxylic acids is 1. The van der Waals surface area contributed by atoms with Gasteiger partial charge in [-0.1, -0.05) is 28.1 Å². The van der Waals surface area contributed by atoms with Crippen molar-refractivity contribution < 1.29 is 15.0 Å². The fourth-order valence-electron chi connectivity index (χ4n) is 2.18. The predicted molar refractivity (Wildman–Crippen MR) is 67.8 cm³/mol. The van der Waals surface area contributed by atoms with Crippen molar-refractivity contribution in [3.63, 3.8) is 0 Å². The molecule has 0 saturated heterocycles. The Labute approximate surface area is 108 Å². The summed E-state index contributed by atoms with van der Waals surface area (Å²) in [6, 6.07) is 7.73. The Morgan fingerprint density at radius 3 is 2.76 bits per heavy atom. The van der Waals surface area contributed by atoms with Crippen LogP contribution in [0.1, 0.15) is 24.3 Å². The quantitative estimate of drug-likeness (QED) is 0.619. The highest BCUT2D eigenvalue weighted by Crippen LogP contribution is 2.34. The maximum Gasteiger partial charge on any atom is 0.165 e. The zero-order chi connectivity index (χ0) is 12.4. The van der Waals surface area contributed by atoms with Crippen LogP contribution in [0.2, 0.25) is 0 Å². The van der Waals surface area contributed by atoms with Crippen LogP contribution in [0, 0.1) is 0 Å². The van der Waals surface area contributed by atoms with Crippen LogP contribution in [0.3, 0.4) is 0 Å². The van der Waals surface area contributed by atoms with E-state index in [2.05, 4.69) is 15.9 Å². The summed E-state index contributed by atoms with van der Waals surface area (Å²) in [6.07, 6.45) is 0.656. The van der Waals surface area contributed by atoms with Crippen LogP contribution in [-0.2, 0) is 4.79 Å². The van der Waals surface area contributed by atoms with Crippen molar-refractivity contribution in [1.29, 1.82) is 0 Å². The van der Waals surface area contributed by atoms with E-state index in [0.29, 0.717) is 12.8 Å². The van der Waals surface area contributed by atoms with Crippen LogP contribution in [0.25, 0.3) is 0 Å². The van der Waals surface area contributed by atoms with Crippen LogP contribution in [0.5, 0.6) is 0 Å². The average molecular weight is 297 g/mol. The Balaban J connectivity index is 2.23. The van der Waals surface area contributed by atoms with E-state index in [0.717, 1.165) is 16.3 Å². The topological polar surface area (TPSA) is 57.5 Å². The van der Waals surface area contributed by atoms with E-state index in [1.807, 2.05) is 24.3 Å². The van der Waals surface area contributed by atoms with E-state index >= 15 is 0 Å². The normalized spacial score (nSPS) is 27.4. The summed E-state index contributed by atoms with van der Waals surface area (Å²) in [5, 5.41) is 18.7. The lowest BCUT2D eigenvalue weighted by atomic mass is 9.79. The van der Waals surface area contributed by atoms with E-state index in [1.165, 1.54) is 0 Å². The van der Waals surface area contributed by atoms with E-state index in [1.54, 1.807) is 0 Å². The third kappa shape index (κ3) is 2.58. The number of carbonyl (C=O) groups is 1. The Morgan fingerprint density at radius 2 is 2.18 bits per heavy atom. The molecule has 0 aromatic heterocycles. The molecule has 17 heavy (non-hydrogen) atoms. The fraction of sp³-hybridized carbons (Fsp3) is 0.308. The first-order valence-corrected chi connectivity index (χ1v) is 6.22. The van der Waals surface area contributed by atoms with Crippen LogP contribution in [0.4, 0.5) is 0 Å². The third-order valence-corrected chi connectivity index (χ3v) is 3.57. The molecule has 3 nitrogen and oxygen atoms in total. The summed E-state index contributed by atoms with van der Waals surface area (Å²) in [4.78, 5) is 11.7. The molecule has 0 aliphatic heterocycles. The molecule has 2 N–H and O–H groups in total.